The third kappa shape index (κ3) is 1.78. The minimum Gasteiger partial charge on any atom is -0.489 e. The molecular formula is C10H13NO. The second kappa shape index (κ2) is 3.81. The zero-order valence-corrected chi connectivity index (χ0v) is 7.21. The second-order valence-corrected chi connectivity index (χ2v) is 2.57. The molecule has 0 unspecified atom stereocenters. The molecule has 0 heterocycles. The molecule has 0 bridgehead atoms. The van der Waals surface area contributed by atoms with E-state index in [0.717, 1.165) is 17.0 Å². The van der Waals surface area contributed by atoms with Crippen LogP contribution in [-0.4, -0.2) is 6.61 Å². The van der Waals surface area contributed by atoms with Gasteiger partial charge in [-0.2, -0.15) is 0 Å². The summed E-state index contributed by atoms with van der Waals surface area (Å²) in [6, 6.07) is 5.63. The highest BCUT2D eigenvalue weighted by atomic mass is 16.5. The summed E-state index contributed by atoms with van der Waals surface area (Å²) < 4.78 is 5.37. The van der Waals surface area contributed by atoms with Gasteiger partial charge in [-0.25, -0.2) is 0 Å². The van der Waals surface area contributed by atoms with Crippen molar-refractivity contribution in [1.29, 1.82) is 0 Å². The number of anilines is 1. The van der Waals surface area contributed by atoms with Crippen LogP contribution < -0.4 is 10.5 Å². The van der Waals surface area contributed by atoms with Crippen molar-refractivity contribution in [3.05, 3.63) is 36.4 Å². The fourth-order valence-electron chi connectivity index (χ4n) is 0.937. The molecule has 0 saturated carbocycles. The monoisotopic (exact) mass is 163 g/mol. The quantitative estimate of drug-likeness (QED) is 0.547. The molecule has 12 heavy (non-hydrogen) atoms. The van der Waals surface area contributed by atoms with Crippen molar-refractivity contribution < 1.29 is 4.74 Å². The average molecular weight is 163 g/mol. The summed E-state index contributed by atoms with van der Waals surface area (Å²) in [4.78, 5) is 0. The Morgan fingerprint density at radius 1 is 1.58 bits per heavy atom. The Morgan fingerprint density at radius 3 is 3.00 bits per heavy atom. The molecule has 0 aromatic heterocycles. The number of nitrogens with two attached hydrogens (primary N) is 1. The maximum atomic E-state index is 5.69. The van der Waals surface area contributed by atoms with Gasteiger partial charge in [0.2, 0.25) is 0 Å². The summed E-state index contributed by atoms with van der Waals surface area (Å²) in [5.74, 6) is 0.829. The van der Waals surface area contributed by atoms with Crippen LogP contribution in [0, 0.1) is 6.92 Å². The second-order valence-electron chi connectivity index (χ2n) is 2.57. The van der Waals surface area contributed by atoms with Crippen molar-refractivity contribution in [1.82, 2.24) is 0 Å². The fraction of sp³-hybridized carbons (Fsp3) is 0.200. The Kier molecular flexibility index (Phi) is 2.75. The van der Waals surface area contributed by atoms with Crippen LogP contribution in [0.1, 0.15) is 5.56 Å². The lowest BCUT2D eigenvalue weighted by Crippen LogP contribution is -1.97. The Labute approximate surface area is 72.7 Å². The molecule has 0 atom stereocenters. The zero-order valence-electron chi connectivity index (χ0n) is 7.21. The van der Waals surface area contributed by atoms with Crippen LogP contribution in [0.4, 0.5) is 5.69 Å². The molecule has 0 radical (unpaired) electrons. The maximum absolute atomic E-state index is 5.69. The lowest BCUT2D eigenvalue weighted by molar-refractivity contribution is 0.361. The summed E-state index contributed by atoms with van der Waals surface area (Å²) in [5.41, 5.74) is 7.43. The van der Waals surface area contributed by atoms with Gasteiger partial charge in [0.1, 0.15) is 12.4 Å². The molecule has 1 rings (SSSR count). The van der Waals surface area contributed by atoms with Crippen LogP contribution >= 0.6 is 0 Å². The van der Waals surface area contributed by atoms with E-state index in [9.17, 15) is 0 Å². The molecule has 2 nitrogen and oxygen atoms in total. The Balaban J connectivity index is 2.84. The summed E-state index contributed by atoms with van der Waals surface area (Å²) in [6.07, 6.45) is 1.71. The lowest BCUT2D eigenvalue weighted by atomic mass is 10.2. The van der Waals surface area contributed by atoms with Crippen LogP contribution in [0.15, 0.2) is 30.9 Å². The minimum atomic E-state index is 0.518. The van der Waals surface area contributed by atoms with Gasteiger partial charge in [0.05, 0.1) is 0 Å². The van der Waals surface area contributed by atoms with Gasteiger partial charge in [0.25, 0.3) is 0 Å². The van der Waals surface area contributed by atoms with Crippen molar-refractivity contribution in [2.45, 2.75) is 6.92 Å². The standard InChI is InChI=1S/C10H13NO/c1-3-7-12-10-6-4-5-9(11)8(10)2/h3-6H,1,7,11H2,2H3. The molecule has 0 aliphatic carbocycles. The molecule has 64 valence electrons. The van der Waals surface area contributed by atoms with Crippen LogP contribution in [0.3, 0.4) is 0 Å². The van der Waals surface area contributed by atoms with E-state index in [4.69, 9.17) is 10.5 Å². The fourth-order valence-corrected chi connectivity index (χ4v) is 0.937. The highest BCUT2D eigenvalue weighted by molar-refractivity contribution is 5.53. The Hall–Kier alpha value is -1.44. The van der Waals surface area contributed by atoms with Crippen molar-refractivity contribution in [2.24, 2.45) is 0 Å². The maximum Gasteiger partial charge on any atom is 0.124 e. The lowest BCUT2D eigenvalue weighted by Gasteiger charge is -2.07. The smallest absolute Gasteiger partial charge is 0.124 e. The van der Waals surface area contributed by atoms with Gasteiger partial charge in [0, 0.05) is 11.3 Å². The molecule has 0 aliphatic heterocycles. The molecule has 2 heteroatoms. The third-order valence-corrected chi connectivity index (χ3v) is 1.68. The molecule has 1 aromatic carbocycles. The average Bonchev–Trinajstić information content (AvgIpc) is 2.08. The molecule has 0 aliphatic rings. The molecular weight excluding hydrogens is 150 g/mol. The summed E-state index contributed by atoms with van der Waals surface area (Å²) in [5, 5.41) is 0. The molecule has 2 N–H and O–H groups in total. The topological polar surface area (TPSA) is 35.2 Å². The largest absolute Gasteiger partial charge is 0.489 e. The zero-order chi connectivity index (χ0) is 8.97. The van der Waals surface area contributed by atoms with E-state index >= 15 is 0 Å². The SMILES string of the molecule is C=CCOc1cccc(N)c1C. The van der Waals surface area contributed by atoms with Crippen molar-refractivity contribution in [2.75, 3.05) is 12.3 Å². The number of hydrogen-bond acceptors (Lipinski definition) is 2. The van der Waals surface area contributed by atoms with Crippen LogP contribution in [0.25, 0.3) is 0 Å². The summed E-state index contributed by atoms with van der Waals surface area (Å²) in [7, 11) is 0. The predicted octanol–water partition coefficient (Wildman–Crippen LogP) is 2.14. The van der Waals surface area contributed by atoms with Crippen LogP contribution in [0.2, 0.25) is 0 Å². The van der Waals surface area contributed by atoms with Crippen LogP contribution in [-0.2, 0) is 0 Å². The number of nitrogen functional groups attached to an aromatic ring is 1. The van der Waals surface area contributed by atoms with Gasteiger partial charge < -0.3 is 10.5 Å². The normalized spacial score (nSPS) is 9.42. The Morgan fingerprint density at radius 2 is 2.33 bits per heavy atom. The van der Waals surface area contributed by atoms with Gasteiger partial charge in [-0.05, 0) is 19.1 Å². The third-order valence-electron chi connectivity index (χ3n) is 1.68. The molecule has 0 fully saturated rings. The van der Waals surface area contributed by atoms with E-state index in [1.807, 2.05) is 25.1 Å². The molecule has 0 saturated heterocycles. The van der Waals surface area contributed by atoms with Gasteiger partial charge >= 0.3 is 0 Å². The molecule has 1 aromatic rings. The first kappa shape index (κ1) is 8.65. The van der Waals surface area contributed by atoms with E-state index < -0.39 is 0 Å². The highest BCUT2D eigenvalue weighted by Crippen LogP contribution is 2.22. The number of hydrogen-bond donors (Lipinski definition) is 1. The first-order chi connectivity index (χ1) is 5.75. The van der Waals surface area contributed by atoms with Crippen molar-refractivity contribution in [3.8, 4) is 5.75 Å². The van der Waals surface area contributed by atoms with Crippen LogP contribution in [0.5, 0.6) is 5.75 Å². The van der Waals surface area contributed by atoms with Crippen molar-refractivity contribution in [3.63, 3.8) is 0 Å². The van der Waals surface area contributed by atoms with Gasteiger partial charge in [0.15, 0.2) is 0 Å². The number of rotatable bonds is 3. The molecule has 0 spiro atoms. The van der Waals surface area contributed by atoms with E-state index in [-0.39, 0.29) is 0 Å². The predicted molar refractivity (Wildman–Crippen MR) is 51.3 cm³/mol. The number of ether oxygens (including phenoxy) is 1. The summed E-state index contributed by atoms with van der Waals surface area (Å²) in [6.45, 7) is 6.03. The van der Waals surface area contributed by atoms with E-state index in [0.29, 0.717) is 6.61 Å². The minimum absolute atomic E-state index is 0.518. The van der Waals surface area contributed by atoms with Crippen molar-refractivity contribution >= 4 is 5.69 Å². The summed E-state index contributed by atoms with van der Waals surface area (Å²) >= 11 is 0. The number of benzene rings is 1. The van der Waals surface area contributed by atoms with Gasteiger partial charge in [-0.15, -0.1) is 0 Å². The van der Waals surface area contributed by atoms with Gasteiger partial charge in [-0.3, -0.25) is 0 Å². The van der Waals surface area contributed by atoms with E-state index in [1.54, 1.807) is 6.08 Å². The molecule has 0 amide bonds. The van der Waals surface area contributed by atoms with E-state index in [2.05, 4.69) is 6.58 Å². The first-order valence-electron chi connectivity index (χ1n) is 3.84. The van der Waals surface area contributed by atoms with E-state index in [1.165, 1.54) is 0 Å². The van der Waals surface area contributed by atoms with Gasteiger partial charge in [-0.1, -0.05) is 18.7 Å². The highest BCUT2D eigenvalue weighted by Gasteiger charge is 1.99. The first-order valence-corrected chi connectivity index (χ1v) is 3.84. The Bertz CT molecular complexity index is 281.